The number of methoxy groups -OCH3 is 1. The van der Waals surface area contributed by atoms with Gasteiger partial charge in [-0.1, -0.05) is 19.4 Å². The number of hydrogen-bond donors (Lipinski definition) is 2. The van der Waals surface area contributed by atoms with E-state index in [0.29, 0.717) is 11.4 Å². The molecule has 0 aromatic heterocycles. The van der Waals surface area contributed by atoms with Gasteiger partial charge in [-0.05, 0) is 18.6 Å². The van der Waals surface area contributed by atoms with Crippen LogP contribution < -0.4 is 14.8 Å². The topological polar surface area (TPSA) is 67.4 Å². The number of hydrogen-bond acceptors (Lipinski definition) is 4. The van der Waals surface area contributed by atoms with E-state index < -0.39 is 10.0 Å². The van der Waals surface area contributed by atoms with Gasteiger partial charge in [0.15, 0.2) is 5.75 Å². The fourth-order valence-electron chi connectivity index (χ4n) is 1.58. The van der Waals surface area contributed by atoms with Crippen LogP contribution in [0.25, 0.3) is 0 Å². The first-order chi connectivity index (χ1) is 8.48. The number of anilines is 2. The third-order valence-electron chi connectivity index (χ3n) is 2.36. The standard InChI is InChI=1S/C12H20N2O3S/c1-4-5-9-13-10-7-6-8-11(12(10)17-2)14-18(3,15)16/h6-8,13-14H,4-5,9H2,1-3H3. The third-order valence-corrected chi connectivity index (χ3v) is 2.95. The van der Waals surface area contributed by atoms with Crippen molar-refractivity contribution in [3.8, 4) is 5.75 Å². The molecular weight excluding hydrogens is 252 g/mol. The number of rotatable bonds is 7. The van der Waals surface area contributed by atoms with E-state index >= 15 is 0 Å². The molecule has 0 heterocycles. The minimum absolute atomic E-state index is 0.446. The van der Waals surface area contributed by atoms with Gasteiger partial charge in [0.2, 0.25) is 10.0 Å². The molecule has 18 heavy (non-hydrogen) atoms. The summed E-state index contributed by atoms with van der Waals surface area (Å²) in [6.07, 6.45) is 3.26. The van der Waals surface area contributed by atoms with E-state index in [1.54, 1.807) is 12.1 Å². The van der Waals surface area contributed by atoms with E-state index in [2.05, 4.69) is 17.0 Å². The molecule has 0 aliphatic carbocycles. The fourth-order valence-corrected chi connectivity index (χ4v) is 2.14. The van der Waals surface area contributed by atoms with Gasteiger partial charge in [-0.25, -0.2) is 8.42 Å². The van der Waals surface area contributed by atoms with Gasteiger partial charge in [-0.2, -0.15) is 0 Å². The molecule has 0 spiro atoms. The predicted octanol–water partition coefficient (Wildman–Crippen LogP) is 2.28. The fraction of sp³-hybridized carbons (Fsp3) is 0.500. The molecule has 1 aromatic rings. The van der Waals surface area contributed by atoms with E-state index in [-0.39, 0.29) is 0 Å². The second-order valence-corrected chi connectivity index (χ2v) is 5.79. The summed E-state index contributed by atoms with van der Waals surface area (Å²) >= 11 is 0. The van der Waals surface area contributed by atoms with E-state index in [0.717, 1.165) is 31.3 Å². The molecule has 0 bridgehead atoms. The van der Waals surface area contributed by atoms with Crippen molar-refractivity contribution >= 4 is 21.4 Å². The van der Waals surface area contributed by atoms with Gasteiger partial charge in [0.1, 0.15) is 0 Å². The first-order valence-electron chi connectivity index (χ1n) is 5.86. The van der Waals surface area contributed by atoms with Gasteiger partial charge in [0.05, 0.1) is 24.7 Å². The largest absolute Gasteiger partial charge is 0.492 e. The SMILES string of the molecule is CCCCNc1cccc(NS(C)(=O)=O)c1OC. The monoisotopic (exact) mass is 272 g/mol. The van der Waals surface area contributed by atoms with Crippen molar-refractivity contribution in [3.63, 3.8) is 0 Å². The molecule has 0 atom stereocenters. The minimum Gasteiger partial charge on any atom is -0.492 e. The van der Waals surface area contributed by atoms with Gasteiger partial charge in [-0.15, -0.1) is 0 Å². The zero-order valence-electron chi connectivity index (χ0n) is 11.0. The maximum atomic E-state index is 11.3. The van der Waals surface area contributed by atoms with Crippen LogP contribution >= 0.6 is 0 Å². The predicted molar refractivity (Wildman–Crippen MR) is 74.9 cm³/mol. The highest BCUT2D eigenvalue weighted by Gasteiger charge is 2.11. The van der Waals surface area contributed by atoms with Crippen LogP contribution in [-0.2, 0) is 10.0 Å². The zero-order chi connectivity index (χ0) is 13.6. The summed E-state index contributed by atoms with van der Waals surface area (Å²) in [4.78, 5) is 0. The Morgan fingerprint density at radius 1 is 1.28 bits per heavy atom. The lowest BCUT2D eigenvalue weighted by Gasteiger charge is -2.15. The first kappa shape index (κ1) is 14.6. The van der Waals surface area contributed by atoms with E-state index in [4.69, 9.17) is 4.74 Å². The smallest absolute Gasteiger partial charge is 0.229 e. The molecule has 0 saturated carbocycles. The van der Waals surface area contributed by atoms with Gasteiger partial charge >= 0.3 is 0 Å². The summed E-state index contributed by atoms with van der Waals surface area (Å²) in [6.45, 7) is 2.94. The number of sulfonamides is 1. The van der Waals surface area contributed by atoms with E-state index in [1.165, 1.54) is 7.11 Å². The number of para-hydroxylation sites is 1. The van der Waals surface area contributed by atoms with Crippen LogP contribution in [0.4, 0.5) is 11.4 Å². The summed E-state index contributed by atoms with van der Waals surface area (Å²) in [5.41, 5.74) is 1.24. The number of nitrogens with one attached hydrogen (secondary N) is 2. The Hall–Kier alpha value is -1.43. The molecule has 102 valence electrons. The van der Waals surface area contributed by atoms with Crippen LogP contribution in [0.2, 0.25) is 0 Å². The maximum absolute atomic E-state index is 11.3. The highest BCUT2D eigenvalue weighted by atomic mass is 32.2. The van der Waals surface area contributed by atoms with Crippen LogP contribution in [0.15, 0.2) is 18.2 Å². The van der Waals surface area contributed by atoms with Crippen molar-refractivity contribution < 1.29 is 13.2 Å². The highest BCUT2D eigenvalue weighted by Crippen LogP contribution is 2.33. The van der Waals surface area contributed by atoms with Gasteiger partial charge in [0, 0.05) is 6.54 Å². The summed E-state index contributed by atoms with van der Waals surface area (Å²) in [6, 6.07) is 5.32. The maximum Gasteiger partial charge on any atom is 0.229 e. The lowest BCUT2D eigenvalue weighted by molar-refractivity contribution is 0.418. The summed E-state index contributed by atoms with van der Waals surface area (Å²) in [5.74, 6) is 0.513. The molecule has 5 nitrogen and oxygen atoms in total. The van der Waals surface area contributed by atoms with Crippen molar-refractivity contribution in [3.05, 3.63) is 18.2 Å². The van der Waals surface area contributed by atoms with E-state index in [9.17, 15) is 8.42 Å². The van der Waals surface area contributed by atoms with Gasteiger partial charge in [0.25, 0.3) is 0 Å². The molecule has 0 fully saturated rings. The zero-order valence-corrected chi connectivity index (χ0v) is 11.8. The van der Waals surface area contributed by atoms with E-state index in [1.807, 2.05) is 6.07 Å². The molecular formula is C12H20N2O3S. The van der Waals surface area contributed by atoms with Gasteiger partial charge < -0.3 is 10.1 Å². The second kappa shape index (κ2) is 6.49. The molecule has 2 N–H and O–H groups in total. The Bertz CT molecular complexity index is 486. The van der Waals surface area contributed by atoms with Gasteiger partial charge in [-0.3, -0.25) is 4.72 Å². The van der Waals surface area contributed by atoms with Crippen LogP contribution in [-0.4, -0.2) is 28.3 Å². The molecule has 0 radical (unpaired) electrons. The Labute approximate surface area is 109 Å². The Balaban J connectivity index is 2.95. The minimum atomic E-state index is -3.31. The normalized spacial score (nSPS) is 11.1. The Morgan fingerprint density at radius 3 is 2.50 bits per heavy atom. The number of benzene rings is 1. The lowest BCUT2D eigenvalue weighted by Crippen LogP contribution is -2.11. The van der Waals surface area contributed by atoms with Crippen LogP contribution in [0.3, 0.4) is 0 Å². The summed E-state index contributed by atoms with van der Waals surface area (Å²) < 4.78 is 30.2. The third kappa shape index (κ3) is 4.44. The summed E-state index contributed by atoms with van der Waals surface area (Å²) in [5, 5.41) is 3.23. The number of unbranched alkanes of at least 4 members (excludes halogenated alkanes) is 1. The van der Waals surface area contributed by atoms with Crippen LogP contribution in [0, 0.1) is 0 Å². The van der Waals surface area contributed by atoms with Crippen molar-refractivity contribution in [2.45, 2.75) is 19.8 Å². The van der Waals surface area contributed by atoms with Crippen LogP contribution in [0.1, 0.15) is 19.8 Å². The molecule has 1 rings (SSSR count). The van der Waals surface area contributed by atoms with Crippen LogP contribution in [0.5, 0.6) is 5.75 Å². The molecule has 0 amide bonds. The Morgan fingerprint density at radius 2 is 1.94 bits per heavy atom. The molecule has 0 unspecified atom stereocenters. The highest BCUT2D eigenvalue weighted by molar-refractivity contribution is 7.92. The molecule has 0 aliphatic rings. The Kier molecular flexibility index (Phi) is 5.27. The summed E-state index contributed by atoms with van der Waals surface area (Å²) in [7, 11) is -1.79. The first-order valence-corrected chi connectivity index (χ1v) is 7.75. The lowest BCUT2D eigenvalue weighted by atomic mass is 10.2. The molecule has 0 saturated heterocycles. The molecule has 0 aliphatic heterocycles. The number of ether oxygens (including phenoxy) is 1. The average molecular weight is 272 g/mol. The van der Waals surface area contributed by atoms with Crippen molar-refractivity contribution in [2.75, 3.05) is 29.9 Å². The second-order valence-electron chi connectivity index (χ2n) is 4.04. The molecule has 6 heteroatoms. The van der Waals surface area contributed by atoms with Crippen molar-refractivity contribution in [1.82, 2.24) is 0 Å². The van der Waals surface area contributed by atoms with Crippen molar-refractivity contribution in [1.29, 1.82) is 0 Å². The molecule has 1 aromatic carbocycles. The average Bonchev–Trinajstić information content (AvgIpc) is 2.27. The quantitative estimate of drug-likeness (QED) is 0.747. The van der Waals surface area contributed by atoms with Crippen molar-refractivity contribution in [2.24, 2.45) is 0 Å².